The molecule has 1 saturated heterocycles. The molecule has 1 aromatic heterocycles. The molecule has 0 spiro atoms. The quantitative estimate of drug-likeness (QED) is 0.899. The fourth-order valence-corrected chi connectivity index (χ4v) is 2.50. The average molecular weight is 288 g/mol. The van der Waals surface area contributed by atoms with Gasteiger partial charge in [-0.15, -0.1) is 0 Å². The van der Waals surface area contributed by atoms with Gasteiger partial charge >= 0.3 is 0 Å². The smallest absolute Gasteiger partial charge is 0.270 e. The molecule has 0 aliphatic carbocycles. The number of aromatic nitrogens is 2. The van der Waals surface area contributed by atoms with Gasteiger partial charge in [-0.3, -0.25) is 9.36 Å². The fraction of sp³-hybridized carbons (Fsp3) is 0.333. The lowest BCUT2D eigenvalue weighted by Crippen LogP contribution is -2.45. The Hall–Kier alpha value is -2.21. The van der Waals surface area contributed by atoms with Crippen molar-refractivity contribution in [2.75, 3.05) is 13.1 Å². The number of piperidine rings is 1. The summed E-state index contributed by atoms with van der Waals surface area (Å²) >= 11 is 0. The Labute approximate surface area is 122 Å². The highest BCUT2D eigenvalue weighted by Gasteiger charge is 2.19. The average Bonchev–Trinajstić information content (AvgIpc) is 2.98. The zero-order chi connectivity index (χ0) is 14.7. The molecule has 6 heteroatoms. The maximum Gasteiger partial charge on any atom is 0.270 e. The first-order valence-corrected chi connectivity index (χ1v) is 7.04. The molecule has 2 heterocycles. The summed E-state index contributed by atoms with van der Waals surface area (Å²) in [4.78, 5) is 16.4. The molecule has 3 rings (SSSR count). The molecule has 5 nitrogen and oxygen atoms in total. The molecule has 1 aliphatic heterocycles. The van der Waals surface area contributed by atoms with Gasteiger partial charge in [-0.05, 0) is 43.7 Å². The lowest BCUT2D eigenvalue weighted by atomic mass is 10.1. The predicted octanol–water partition coefficient (Wildman–Crippen LogP) is 1.49. The molecule has 1 atom stereocenters. The van der Waals surface area contributed by atoms with Gasteiger partial charge in [-0.2, -0.15) is 0 Å². The maximum absolute atomic E-state index is 13.0. The Bertz CT molecular complexity index is 617. The minimum atomic E-state index is -0.307. The van der Waals surface area contributed by atoms with Crippen molar-refractivity contribution in [1.82, 2.24) is 20.2 Å². The number of carbonyl (C=O) groups excluding carboxylic acids is 1. The van der Waals surface area contributed by atoms with Crippen molar-refractivity contribution in [2.24, 2.45) is 0 Å². The number of nitrogens with zero attached hydrogens (tertiary/aromatic N) is 2. The molecule has 1 amide bonds. The van der Waals surface area contributed by atoms with Gasteiger partial charge in [0.15, 0.2) is 0 Å². The third-order valence-corrected chi connectivity index (χ3v) is 3.61. The zero-order valence-electron chi connectivity index (χ0n) is 11.6. The van der Waals surface area contributed by atoms with Crippen LogP contribution in [0.3, 0.4) is 0 Å². The monoisotopic (exact) mass is 288 g/mol. The summed E-state index contributed by atoms with van der Waals surface area (Å²) < 4.78 is 14.6. The lowest BCUT2D eigenvalue weighted by Gasteiger charge is -2.23. The molecule has 0 radical (unpaired) electrons. The standard InChI is InChI=1S/C15H17FN4O/c16-11-3-5-13(6-4-11)20-10-18-9-14(20)15(21)19-12-2-1-7-17-8-12/h3-6,9-10,12,17H,1-2,7-8H2,(H,19,21)/t12-/m0/s1. The number of carbonyl (C=O) groups is 1. The van der Waals surface area contributed by atoms with Crippen LogP contribution in [-0.2, 0) is 0 Å². The van der Waals surface area contributed by atoms with E-state index in [9.17, 15) is 9.18 Å². The van der Waals surface area contributed by atoms with Crippen LogP contribution < -0.4 is 10.6 Å². The number of imidazole rings is 1. The van der Waals surface area contributed by atoms with Crippen molar-refractivity contribution in [3.63, 3.8) is 0 Å². The summed E-state index contributed by atoms with van der Waals surface area (Å²) in [6.45, 7) is 1.79. The molecule has 1 aromatic carbocycles. The maximum atomic E-state index is 13.0. The van der Waals surface area contributed by atoms with E-state index in [1.165, 1.54) is 18.3 Å². The van der Waals surface area contributed by atoms with Crippen molar-refractivity contribution in [1.29, 1.82) is 0 Å². The first-order chi connectivity index (χ1) is 10.2. The number of rotatable bonds is 3. The number of hydrogen-bond donors (Lipinski definition) is 2. The normalized spacial score (nSPS) is 18.4. The van der Waals surface area contributed by atoms with Gasteiger partial charge in [0.25, 0.3) is 5.91 Å². The van der Waals surface area contributed by atoms with Crippen LogP contribution in [0, 0.1) is 5.82 Å². The van der Waals surface area contributed by atoms with Gasteiger partial charge in [0, 0.05) is 18.3 Å². The van der Waals surface area contributed by atoms with Crippen molar-refractivity contribution in [3.8, 4) is 5.69 Å². The summed E-state index contributed by atoms with van der Waals surface area (Å²) in [5, 5.41) is 6.27. The Morgan fingerprint density at radius 1 is 1.38 bits per heavy atom. The molecule has 1 fully saturated rings. The molecule has 110 valence electrons. The van der Waals surface area contributed by atoms with Crippen molar-refractivity contribution < 1.29 is 9.18 Å². The third kappa shape index (κ3) is 3.11. The number of hydrogen-bond acceptors (Lipinski definition) is 3. The molecule has 2 N–H and O–H groups in total. The van der Waals surface area contributed by atoms with Crippen LogP contribution in [-0.4, -0.2) is 34.6 Å². The van der Waals surface area contributed by atoms with E-state index >= 15 is 0 Å². The molecule has 0 saturated carbocycles. The predicted molar refractivity (Wildman–Crippen MR) is 76.9 cm³/mol. The largest absolute Gasteiger partial charge is 0.347 e. The molecule has 2 aromatic rings. The van der Waals surface area contributed by atoms with Gasteiger partial charge in [0.1, 0.15) is 11.5 Å². The molecule has 0 unspecified atom stereocenters. The van der Waals surface area contributed by atoms with Crippen molar-refractivity contribution >= 4 is 5.91 Å². The van der Waals surface area contributed by atoms with Gasteiger partial charge in [0.05, 0.1) is 12.5 Å². The Morgan fingerprint density at radius 3 is 2.90 bits per heavy atom. The number of amides is 1. The SMILES string of the molecule is O=C(N[C@H]1CCCNC1)c1cncn1-c1ccc(F)cc1. The first kappa shape index (κ1) is 13.8. The van der Waals surface area contributed by atoms with E-state index in [1.807, 2.05) is 0 Å². The molecule has 1 aliphatic rings. The summed E-state index contributed by atoms with van der Waals surface area (Å²) in [6, 6.07) is 6.11. The van der Waals surface area contributed by atoms with Crippen molar-refractivity contribution in [3.05, 3.63) is 48.3 Å². The molecule has 0 bridgehead atoms. The molecular formula is C15H17FN4O. The number of benzene rings is 1. The van der Waals surface area contributed by atoms with Crippen LogP contribution in [0.15, 0.2) is 36.8 Å². The first-order valence-electron chi connectivity index (χ1n) is 7.04. The highest BCUT2D eigenvalue weighted by Crippen LogP contribution is 2.13. The van der Waals surface area contributed by atoms with E-state index in [0.29, 0.717) is 11.4 Å². The summed E-state index contributed by atoms with van der Waals surface area (Å²) in [7, 11) is 0. The van der Waals surface area contributed by atoms with Crippen molar-refractivity contribution in [2.45, 2.75) is 18.9 Å². The van der Waals surface area contributed by atoms with E-state index in [-0.39, 0.29) is 17.8 Å². The van der Waals surface area contributed by atoms with E-state index in [0.717, 1.165) is 25.9 Å². The number of nitrogens with one attached hydrogen (secondary N) is 2. The van der Waals surface area contributed by atoms with Gasteiger partial charge in [0.2, 0.25) is 0 Å². The second-order valence-corrected chi connectivity index (χ2v) is 5.14. The third-order valence-electron chi connectivity index (χ3n) is 3.61. The fourth-order valence-electron chi connectivity index (χ4n) is 2.50. The van der Waals surface area contributed by atoms with E-state index < -0.39 is 0 Å². The highest BCUT2D eigenvalue weighted by molar-refractivity contribution is 5.93. The zero-order valence-corrected chi connectivity index (χ0v) is 11.6. The molecular weight excluding hydrogens is 271 g/mol. The van der Waals surface area contributed by atoms with Gasteiger partial charge in [-0.25, -0.2) is 9.37 Å². The second kappa shape index (κ2) is 6.05. The van der Waals surface area contributed by atoms with E-state index in [4.69, 9.17) is 0 Å². The number of halogens is 1. The minimum absolute atomic E-state index is 0.141. The minimum Gasteiger partial charge on any atom is -0.347 e. The van der Waals surface area contributed by atoms with Crippen LogP contribution in [0.5, 0.6) is 0 Å². The van der Waals surface area contributed by atoms with Crippen LogP contribution in [0.1, 0.15) is 23.3 Å². The Balaban J connectivity index is 1.78. The Kier molecular flexibility index (Phi) is 3.96. The lowest BCUT2D eigenvalue weighted by molar-refractivity contribution is 0.0923. The topological polar surface area (TPSA) is 59.0 Å². The summed E-state index contributed by atoms with van der Waals surface area (Å²) in [5.74, 6) is -0.469. The Morgan fingerprint density at radius 2 is 2.19 bits per heavy atom. The second-order valence-electron chi connectivity index (χ2n) is 5.14. The molecule has 21 heavy (non-hydrogen) atoms. The van der Waals surface area contributed by atoms with Crippen LogP contribution in [0.2, 0.25) is 0 Å². The van der Waals surface area contributed by atoms with Gasteiger partial charge in [-0.1, -0.05) is 0 Å². The summed E-state index contributed by atoms with van der Waals surface area (Å²) in [5.41, 5.74) is 1.16. The van der Waals surface area contributed by atoms with Gasteiger partial charge < -0.3 is 10.6 Å². The summed E-state index contributed by atoms with van der Waals surface area (Å²) in [6.07, 6.45) is 5.11. The van der Waals surface area contributed by atoms with E-state index in [1.54, 1.807) is 23.0 Å². The van der Waals surface area contributed by atoms with Crippen LogP contribution in [0.4, 0.5) is 4.39 Å². The van der Waals surface area contributed by atoms with Crippen LogP contribution >= 0.6 is 0 Å². The van der Waals surface area contributed by atoms with E-state index in [2.05, 4.69) is 15.6 Å². The van der Waals surface area contributed by atoms with Crippen LogP contribution in [0.25, 0.3) is 5.69 Å². The highest BCUT2D eigenvalue weighted by atomic mass is 19.1.